The monoisotopic (exact) mass is 358 g/mol. The molecule has 0 N–H and O–H groups in total. The predicted octanol–water partition coefficient (Wildman–Crippen LogP) is 3.58. The lowest BCUT2D eigenvalue weighted by atomic mass is 10.0. The van der Waals surface area contributed by atoms with Gasteiger partial charge in [-0.1, -0.05) is 36.4 Å². The highest BCUT2D eigenvalue weighted by Gasteiger charge is 2.48. The van der Waals surface area contributed by atoms with Crippen LogP contribution in [0, 0.1) is 0 Å². The van der Waals surface area contributed by atoms with E-state index in [2.05, 4.69) is 0 Å². The second-order valence-electron chi connectivity index (χ2n) is 6.19. The number of hydrogen-bond donors (Lipinski definition) is 0. The molecule has 0 saturated heterocycles. The quantitative estimate of drug-likeness (QED) is 0.767. The van der Waals surface area contributed by atoms with E-state index in [0.717, 1.165) is 11.3 Å². The maximum atomic E-state index is 13.9. The van der Waals surface area contributed by atoms with Gasteiger partial charge in [-0.15, -0.1) is 0 Å². The number of benzene rings is 2. The number of para-hydroxylation sites is 1. The summed E-state index contributed by atoms with van der Waals surface area (Å²) >= 11 is 0. The molecule has 0 aliphatic carbocycles. The zero-order chi connectivity index (χ0) is 18.0. The van der Waals surface area contributed by atoms with Gasteiger partial charge >= 0.3 is 7.52 Å². The fourth-order valence-corrected chi connectivity index (χ4v) is 5.90. The van der Waals surface area contributed by atoms with E-state index in [4.69, 9.17) is 4.52 Å². The van der Waals surface area contributed by atoms with Crippen molar-refractivity contribution in [3.05, 3.63) is 60.2 Å². The summed E-state index contributed by atoms with van der Waals surface area (Å²) in [4.78, 5) is 14.0. The molecule has 0 bridgehead atoms. The first kappa shape index (κ1) is 17.7. The molecule has 1 aliphatic rings. The summed E-state index contributed by atoms with van der Waals surface area (Å²) in [6, 6.07) is 16.8. The third-order valence-corrected chi connectivity index (χ3v) is 7.07. The fourth-order valence-electron chi connectivity index (χ4n) is 3.22. The van der Waals surface area contributed by atoms with Crippen LogP contribution in [0.15, 0.2) is 54.6 Å². The summed E-state index contributed by atoms with van der Waals surface area (Å²) in [6.45, 7) is 2.17. The van der Waals surface area contributed by atoms with Crippen LogP contribution in [-0.2, 0) is 13.9 Å². The van der Waals surface area contributed by atoms with Crippen LogP contribution in [0.25, 0.3) is 0 Å². The van der Waals surface area contributed by atoms with Gasteiger partial charge < -0.3 is 9.42 Å². The minimum Gasteiger partial charge on any atom is -0.349 e. The highest BCUT2D eigenvalue weighted by atomic mass is 31.2. The van der Waals surface area contributed by atoms with Crippen molar-refractivity contribution in [1.82, 2.24) is 4.90 Å². The Morgan fingerprint density at radius 1 is 1.12 bits per heavy atom. The van der Waals surface area contributed by atoms with Gasteiger partial charge in [-0.05, 0) is 30.7 Å². The summed E-state index contributed by atoms with van der Waals surface area (Å²) < 4.78 is 21.5. The minimum atomic E-state index is -3.27. The van der Waals surface area contributed by atoms with Crippen molar-refractivity contribution in [1.29, 1.82) is 0 Å². The van der Waals surface area contributed by atoms with E-state index in [-0.39, 0.29) is 18.4 Å². The number of rotatable bonds is 5. The van der Waals surface area contributed by atoms with Crippen LogP contribution >= 0.6 is 7.52 Å². The molecule has 0 aromatic heterocycles. The number of hydrogen-bond acceptors (Lipinski definition) is 3. The molecule has 6 heteroatoms. The Morgan fingerprint density at radius 3 is 2.40 bits per heavy atom. The summed E-state index contributed by atoms with van der Waals surface area (Å²) in [6.07, 6.45) is 0.246. The molecular weight excluding hydrogens is 335 g/mol. The second kappa shape index (κ2) is 7.03. The van der Waals surface area contributed by atoms with Gasteiger partial charge in [0.15, 0.2) is 0 Å². The number of carbonyl (C=O) groups is 1. The molecule has 0 spiro atoms. The van der Waals surface area contributed by atoms with Crippen LogP contribution in [0.3, 0.4) is 0 Å². The van der Waals surface area contributed by atoms with E-state index in [1.165, 1.54) is 0 Å². The highest BCUT2D eigenvalue weighted by Crippen LogP contribution is 2.62. The summed E-state index contributed by atoms with van der Waals surface area (Å²) in [5.41, 5.74) is 1.70. The molecule has 25 heavy (non-hydrogen) atoms. The molecule has 2 atom stereocenters. The standard InChI is InChI=1S/C19H23N2O3P/c1-4-24-25(23)18-13-9-8-12-16(18)17(14-19(22)20(2)3)21(25)15-10-6-5-7-11-15/h5-13,17H,4,14H2,1-3H3. The van der Waals surface area contributed by atoms with E-state index in [0.29, 0.717) is 11.9 Å². The van der Waals surface area contributed by atoms with Gasteiger partial charge in [0.05, 0.1) is 24.4 Å². The molecule has 2 unspecified atom stereocenters. The van der Waals surface area contributed by atoms with Crippen LogP contribution in [0.5, 0.6) is 0 Å². The smallest absolute Gasteiger partial charge is 0.327 e. The fraction of sp³-hybridized carbons (Fsp3) is 0.316. The molecule has 132 valence electrons. The first-order chi connectivity index (χ1) is 12.0. The van der Waals surface area contributed by atoms with E-state index in [1.807, 2.05) is 66.2 Å². The Bertz CT molecular complexity index is 807. The first-order valence-electron chi connectivity index (χ1n) is 8.38. The summed E-state index contributed by atoms with van der Waals surface area (Å²) in [5.74, 6) is -0.00863. The summed E-state index contributed by atoms with van der Waals surface area (Å²) in [7, 11) is 0.197. The van der Waals surface area contributed by atoms with Crippen LogP contribution in [0.4, 0.5) is 5.69 Å². The van der Waals surface area contributed by atoms with E-state index >= 15 is 0 Å². The Hall–Kier alpha value is -2.10. The molecule has 5 nitrogen and oxygen atoms in total. The minimum absolute atomic E-state index is 0.00863. The second-order valence-corrected chi connectivity index (χ2v) is 8.40. The van der Waals surface area contributed by atoms with Crippen molar-refractivity contribution >= 4 is 24.4 Å². The Kier molecular flexibility index (Phi) is 4.98. The molecule has 0 fully saturated rings. The molecule has 2 aromatic carbocycles. The van der Waals surface area contributed by atoms with Gasteiger partial charge in [0, 0.05) is 19.8 Å². The number of nitrogens with zero attached hydrogens (tertiary/aromatic N) is 2. The van der Waals surface area contributed by atoms with Gasteiger partial charge in [-0.3, -0.25) is 14.0 Å². The molecule has 1 aliphatic heterocycles. The zero-order valence-electron chi connectivity index (χ0n) is 14.8. The lowest BCUT2D eigenvalue weighted by molar-refractivity contribution is -0.129. The van der Waals surface area contributed by atoms with Gasteiger partial charge in [0.2, 0.25) is 5.91 Å². The topological polar surface area (TPSA) is 49.9 Å². The normalized spacial score (nSPS) is 21.9. The van der Waals surface area contributed by atoms with Gasteiger partial charge in [-0.25, -0.2) is 0 Å². The highest BCUT2D eigenvalue weighted by molar-refractivity contribution is 7.69. The zero-order valence-corrected chi connectivity index (χ0v) is 15.6. The van der Waals surface area contributed by atoms with E-state index in [9.17, 15) is 9.36 Å². The Morgan fingerprint density at radius 2 is 1.76 bits per heavy atom. The number of fused-ring (bicyclic) bond motifs is 1. The number of amides is 1. The van der Waals surface area contributed by atoms with Crippen molar-refractivity contribution in [2.75, 3.05) is 25.4 Å². The summed E-state index contributed by atoms with van der Waals surface area (Å²) in [5, 5.41) is 0.692. The van der Waals surface area contributed by atoms with Crippen LogP contribution < -0.4 is 9.97 Å². The Balaban J connectivity index is 2.16. The van der Waals surface area contributed by atoms with Crippen molar-refractivity contribution in [2.45, 2.75) is 19.4 Å². The number of carbonyl (C=O) groups excluding carboxylic acids is 1. The molecule has 0 saturated carbocycles. The largest absolute Gasteiger partial charge is 0.349 e. The lowest BCUT2D eigenvalue weighted by Crippen LogP contribution is -2.29. The molecule has 1 amide bonds. The third-order valence-electron chi connectivity index (χ3n) is 4.37. The molecule has 3 rings (SSSR count). The molecule has 0 radical (unpaired) electrons. The van der Waals surface area contributed by atoms with Crippen LogP contribution in [0.2, 0.25) is 0 Å². The third kappa shape index (κ3) is 3.10. The van der Waals surface area contributed by atoms with Crippen molar-refractivity contribution in [3.8, 4) is 0 Å². The SMILES string of the molecule is CCOP1(=O)c2ccccc2C(CC(=O)N(C)C)N1c1ccccc1. The van der Waals surface area contributed by atoms with Crippen molar-refractivity contribution in [2.24, 2.45) is 0 Å². The Labute approximate surface area is 148 Å². The average Bonchev–Trinajstić information content (AvgIpc) is 2.85. The number of anilines is 1. The lowest BCUT2D eigenvalue weighted by Gasteiger charge is -2.32. The molecule has 2 aromatic rings. The molecule has 1 heterocycles. The first-order valence-corrected chi connectivity index (χ1v) is 9.95. The predicted molar refractivity (Wildman–Crippen MR) is 100 cm³/mol. The van der Waals surface area contributed by atoms with Gasteiger partial charge in [0.1, 0.15) is 0 Å². The van der Waals surface area contributed by atoms with Crippen molar-refractivity contribution < 1.29 is 13.9 Å². The molecular formula is C19H23N2O3P. The maximum absolute atomic E-state index is 13.9. The van der Waals surface area contributed by atoms with Crippen LogP contribution in [-0.4, -0.2) is 31.5 Å². The maximum Gasteiger partial charge on any atom is 0.327 e. The average molecular weight is 358 g/mol. The van der Waals surface area contributed by atoms with Crippen molar-refractivity contribution in [3.63, 3.8) is 0 Å². The van der Waals surface area contributed by atoms with Gasteiger partial charge in [-0.2, -0.15) is 0 Å². The van der Waals surface area contributed by atoms with Crippen LogP contribution in [0.1, 0.15) is 24.9 Å². The van der Waals surface area contributed by atoms with E-state index in [1.54, 1.807) is 19.0 Å². The van der Waals surface area contributed by atoms with E-state index < -0.39 is 7.52 Å². The van der Waals surface area contributed by atoms with Gasteiger partial charge in [0.25, 0.3) is 0 Å².